The predicted molar refractivity (Wildman–Crippen MR) is 73.6 cm³/mol. The molecule has 0 aromatic heterocycles. The van der Waals surface area contributed by atoms with Crippen LogP contribution in [0.5, 0.6) is 0 Å². The first-order valence-electron chi connectivity index (χ1n) is 6.00. The molecule has 1 rings (SSSR count). The zero-order valence-electron chi connectivity index (χ0n) is 10.8. The molecule has 2 heteroatoms. The van der Waals surface area contributed by atoms with Crippen molar-refractivity contribution in [3.05, 3.63) is 36.5 Å². The van der Waals surface area contributed by atoms with Gasteiger partial charge in [-0.15, -0.1) is 0 Å². The van der Waals surface area contributed by atoms with Gasteiger partial charge in [0.25, 0.3) is 0 Å². The van der Waals surface area contributed by atoms with Crippen molar-refractivity contribution in [2.45, 2.75) is 32.2 Å². The van der Waals surface area contributed by atoms with Crippen LogP contribution in [0.15, 0.2) is 36.5 Å². The Balaban J connectivity index is 2.26. The number of ether oxygens (including phenoxy) is 2. The van der Waals surface area contributed by atoms with Crippen molar-refractivity contribution in [2.24, 2.45) is 0 Å². The molecule has 0 spiro atoms. The van der Waals surface area contributed by atoms with E-state index in [1.165, 1.54) is 0 Å². The molecule has 0 unspecified atom stereocenters. The van der Waals surface area contributed by atoms with Crippen LogP contribution in [0.25, 0.3) is 0 Å². The molecule has 0 aromatic rings. The Hall–Kier alpha value is -1.74. The third-order valence-electron chi connectivity index (χ3n) is 2.35. The second-order valence-electron chi connectivity index (χ2n) is 3.70. The fraction of sp³-hybridized carbons (Fsp3) is 0.375. The molecule has 0 bridgehead atoms. The van der Waals surface area contributed by atoms with Crippen molar-refractivity contribution >= 4 is 0 Å². The molecule has 0 saturated carbocycles. The van der Waals surface area contributed by atoms with Gasteiger partial charge in [-0.1, -0.05) is 36.1 Å². The van der Waals surface area contributed by atoms with Gasteiger partial charge >= 0.3 is 0 Å². The number of allylic oxidation sites excluding steroid dienone is 5. The predicted octanol–water partition coefficient (Wildman–Crippen LogP) is 2.83. The Kier molecular flexibility index (Phi) is 7.40. The summed E-state index contributed by atoms with van der Waals surface area (Å²) in [6, 6.07) is 0. The van der Waals surface area contributed by atoms with Gasteiger partial charge in [-0.25, -0.2) is 0 Å². The first-order valence-corrected chi connectivity index (χ1v) is 6.00. The molecular weight excluding hydrogens is 224 g/mol. The molecule has 2 atom stereocenters. The van der Waals surface area contributed by atoms with E-state index in [0.29, 0.717) is 0 Å². The van der Waals surface area contributed by atoms with Crippen molar-refractivity contribution in [3.8, 4) is 23.7 Å². The first-order chi connectivity index (χ1) is 8.86. The molecular formula is C16H18O2. The number of methoxy groups -OCH3 is 1. The van der Waals surface area contributed by atoms with Crippen molar-refractivity contribution in [2.75, 3.05) is 7.11 Å². The van der Waals surface area contributed by atoms with Gasteiger partial charge in [-0.2, -0.15) is 0 Å². The van der Waals surface area contributed by atoms with Gasteiger partial charge in [-0.05, 0) is 37.3 Å². The normalized spacial score (nSPS) is 23.2. The van der Waals surface area contributed by atoms with Gasteiger partial charge < -0.3 is 9.47 Å². The van der Waals surface area contributed by atoms with Gasteiger partial charge in [0.2, 0.25) is 0 Å². The van der Waals surface area contributed by atoms with Gasteiger partial charge in [0.15, 0.2) is 6.29 Å². The summed E-state index contributed by atoms with van der Waals surface area (Å²) in [4.78, 5) is 0. The largest absolute Gasteiger partial charge is 0.356 e. The molecule has 0 radical (unpaired) electrons. The van der Waals surface area contributed by atoms with Crippen LogP contribution in [-0.4, -0.2) is 19.5 Å². The highest BCUT2D eigenvalue weighted by Gasteiger charge is 2.22. The lowest BCUT2D eigenvalue weighted by Crippen LogP contribution is -2.10. The van der Waals surface area contributed by atoms with E-state index in [1.807, 2.05) is 31.2 Å². The van der Waals surface area contributed by atoms with Crippen LogP contribution in [0.4, 0.5) is 0 Å². The lowest BCUT2D eigenvalue weighted by molar-refractivity contribution is -0.104. The maximum Gasteiger partial charge on any atom is 0.158 e. The average Bonchev–Trinajstić information content (AvgIpc) is 2.85. The van der Waals surface area contributed by atoms with Crippen LogP contribution in [0.2, 0.25) is 0 Å². The van der Waals surface area contributed by atoms with Crippen LogP contribution >= 0.6 is 0 Å². The minimum Gasteiger partial charge on any atom is -0.356 e. The SMILES string of the molecule is C/C=C\C#CC#C/C=C/C=C/[C@@H]1CC[C@H](OC)O1. The number of hydrogen-bond acceptors (Lipinski definition) is 2. The summed E-state index contributed by atoms with van der Waals surface area (Å²) >= 11 is 0. The second kappa shape index (κ2) is 9.31. The molecule has 0 aliphatic carbocycles. The van der Waals surface area contributed by atoms with Crippen LogP contribution < -0.4 is 0 Å². The molecule has 1 aliphatic heterocycles. The average molecular weight is 242 g/mol. The lowest BCUT2D eigenvalue weighted by Gasteiger charge is -2.07. The molecule has 0 aromatic carbocycles. The molecule has 0 N–H and O–H groups in total. The molecule has 2 nitrogen and oxygen atoms in total. The third-order valence-corrected chi connectivity index (χ3v) is 2.35. The highest BCUT2D eigenvalue weighted by atomic mass is 16.7. The van der Waals surface area contributed by atoms with E-state index < -0.39 is 0 Å². The molecule has 1 heterocycles. The second-order valence-corrected chi connectivity index (χ2v) is 3.70. The highest BCUT2D eigenvalue weighted by Crippen LogP contribution is 2.20. The molecule has 94 valence electrons. The van der Waals surface area contributed by atoms with Crippen LogP contribution in [0.3, 0.4) is 0 Å². The lowest BCUT2D eigenvalue weighted by atomic mass is 10.2. The topological polar surface area (TPSA) is 18.5 Å². The van der Waals surface area contributed by atoms with E-state index in [4.69, 9.17) is 9.47 Å². The standard InChI is InChI=1S/C16H18O2/c1-3-4-5-6-7-8-9-10-11-12-15-13-14-16(17-2)18-15/h3-4,9-12,15-16H,13-14H2,1-2H3/b4-3-,10-9+,12-11+/t15-,16-/m1/s1. The Morgan fingerprint density at radius 1 is 1.11 bits per heavy atom. The minimum absolute atomic E-state index is 0.0506. The van der Waals surface area contributed by atoms with E-state index in [9.17, 15) is 0 Å². The first kappa shape index (κ1) is 14.3. The Morgan fingerprint density at radius 3 is 2.56 bits per heavy atom. The van der Waals surface area contributed by atoms with E-state index >= 15 is 0 Å². The minimum atomic E-state index is -0.0506. The van der Waals surface area contributed by atoms with Crippen LogP contribution in [-0.2, 0) is 9.47 Å². The maximum atomic E-state index is 5.57. The molecule has 1 aliphatic rings. The van der Waals surface area contributed by atoms with Gasteiger partial charge in [-0.3, -0.25) is 0 Å². The summed E-state index contributed by atoms with van der Waals surface area (Å²) < 4.78 is 10.7. The summed E-state index contributed by atoms with van der Waals surface area (Å²) in [6.07, 6.45) is 13.3. The number of hydrogen-bond donors (Lipinski definition) is 0. The van der Waals surface area contributed by atoms with Crippen molar-refractivity contribution < 1.29 is 9.47 Å². The Bertz CT molecular complexity index is 435. The Morgan fingerprint density at radius 2 is 1.89 bits per heavy atom. The summed E-state index contributed by atoms with van der Waals surface area (Å²) in [5, 5.41) is 0. The van der Waals surface area contributed by atoms with E-state index in [1.54, 1.807) is 19.3 Å². The monoisotopic (exact) mass is 242 g/mol. The smallest absolute Gasteiger partial charge is 0.158 e. The summed E-state index contributed by atoms with van der Waals surface area (Å²) in [5.41, 5.74) is 0. The van der Waals surface area contributed by atoms with Crippen LogP contribution in [0, 0.1) is 23.7 Å². The van der Waals surface area contributed by atoms with Crippen molar-refractivity contribution in [1.29, 1.82) is 0 Å². The molecule has 1 saturated heterocycles. The summed E-state index contributed by atoms with van der Waals surface area (Å²) in [7, 11) is 1.67. The van der Waals surface area contributed by atoms with Gasteiger partial charge in [0, 0.05) is 13.5 Å². The third kappa shape index (κ3) is 6.11. The molecule has 18 heavy (non-hydrogen) atoms. The Labute approximate surface area is 109 Å². The van der Waals surface area contributed by atoms with Crippen molar-refractivity contribution in [1.82, 2.24) is 0 Å². The zero-order chi connectivity index (χ0) is 13.1. The maximum absolute atomic E-state index is 5.57. The number of rotatable bonds is 3. The zero-order valence-corrected chi connectivity index (χ0v) is 10.8. The van der Waals surface area contributed by atoms with E-state index in [2.05, 4.69) is 23.7 Å². The van der Waals surface area contributed by atoms with Gasteiger partial charge in [0.05, 0.1) is 6.10 Å². The van der Waals surface area contributed by atoms with Gasteiger partial charge in [0.1, 0.15) is 0 Å². The fourth-order valence-electron chi connectivity index (χ4n) is 1.48. The fourth-order valence-corrected chi connectivity index (χ4v) is 1.48. The van der Waals surface area contributed by atoms with Crippen molar-refractivity contribution in [3.63, 3.8) is 0 Å². The quantitative estimate of drug-likeness (QED) is 0.559. The van der Waals surface area contributed by atoms with E-state index in [0.717, 1.165) is 12.8 Å². The van der Waals surface area contributed by atoms with E-state index in [-0.39, 0.29) is 12.4 Å². The van der Waals surface area contributed by atoms with Crippen LogP contribution in [0.1, 0.15) is 19.8 Å². The highest BCUT2D eigenvalue weighted by molar-refractivity contribution is 5.34. The summed E-state index contributed by atoms with van der Waals surface area (Å²) in [6.45, 7) is 1.92. The molecule has 1 fully saturated rings. The molecule has 0 amide bonds. The summed E-state index contributed by atoms with van der Waals surface area (Å²) in [5.74, 6) is 11.1.